The highest BCUT2D eigenvalue weighted by Gasteiger charge is 2.32. The molecule has 1 aliphatic rings. The van der Waals surface area contributed by atoms with Gasteiger partial charge in [-0.3, -0.25) is 4.90 Å². The van der Waals surface area contributed by atoms with Crippen LogP contribution in [0.2, 0.25) is 0 Å². The molecule has 8 nitrogen and oxygen atoms in total. The lowest BCUT2D eigenvalue weighted by Crippen LogP contribution is -2.35. The number of likely N-dealkylation sites (N-methyl/N-ethyl adjacent to an activating group) is 1. The van der Waals surface area contributed by atoms with Gasteiger partial charge in [0.25, 0.3) is 0 Å². The second kappa shape index (κ2) is 11.3. The van der Waals surface area contributed by atoms with Crippen molar-refractivity contribution >= 4 is 5.95 Å². The van der Waals surface area contributed by atoms with E-state index in [4.69, 9.17) is 15.5 Å². The Morgan fingerprint density at radius 1 is 1.08 bits per heavy atom. The lowest BCUT2D eigenvalue weighted by Gasteiger charge is -2.28. The Morgan fingerprint density at radius 3 is 2.63 bits per heavy atom. The normalized spacial score (nSPS) is 14.8. The minimum absolute atomic E-state index is 0.200. The Balaban J connectivity index is 1.51. The van der Waals surface area contributed by atoms with Crippen molar-refractivity contribution in [2.45, 2.75) is 25.4 Å². The van der Waals surface area contributed by atoms with Crippen LogP contribution in [0, 0.1) is 5.82 Å². The second-order valence-electron chi connectivity index (χ2n) is 9.98. The Kier molecular flexibility index (Phi) is 7.67. The number of anilines is 1. The number of methoxy groups -OCH3 is 1. The number of ether oxygens (including phenoxy) is 1. The van der Waals surface area contributed by atoms with E-state index in [2.05, 4.69) is 50.6 Å². The first-order valence-electron chi connectivity index (χ1n) is 12.9. The van der Waals surface area contributed by atoms with Crippen molar-refractivity contribution in [1.82, 2.24) is 29.3 Å². The SMILES string of the molecule is COc1cccc(CN(CCN(C)C)CC2CCc3nc(-c4ccc(F)cc4)c(-c4ccnc(N)n4)n32)c1. The van der Waals surface area contributed by atoms with Gasteiger partial charge in [0.05, 0.1) is 24.2 Å². The Labute approximate surface area is 222 Å². The molecule has 0 aliphatic carbocycles. The first kappa shape index (κ1) is 25.8. The van der Waals surface area contributed by atoms with Crippen LogP contribution in [0.4, 0.5) is 10.3 Å². The van der Waals surface area contributed by atoms with E-state index in [0.29, 0.717) is 0 Å². The summed E-state index contributed by atoms with van der Waals surface area (Å²) < 4.78 is 21.5. The predicted octanol–water partition coefficient (Wildman–Crippen LogP) is 4.29. The van der Waals surface area contributed by atoms with Gasteiger partial charge in [-0.1, -0.05) is 12.1 Å². The van der Waals surface area contributed by atoms with E-state index < -0.39 is 0 Å². The molecule has 0 amide bonds. The van der Waals surface area contributed by atoms with Crippen molar-refractivity contribution < 1.29 is 9.13 Å². The van der Waals surface area contributed by atoms with Crippen molar-refractivity contribution in [3.8, 4) is 28.4 Å². The van der Waals surface area contributed by atoms with Crippen LogP contribution < -0.4 is 10.5 Å². The summed E-state index contributed by atoms with van der Waals surface area (Å²) in [6.45, 7) is 3.53. The van der Waals surface area contributed by atoms with Crippen LogP contribution in [0.15, 0.2) is 60.8 Å². The highest BCUT2D eigenvalue weighted by atomic mass is 19.1. The zero-order valence-electron chi connectivity index (χ0n) is 22.1. The molecule has 0 bridgehead atoms. The van der Waals surface area contributed by atoms with Crippen LogP contribution in [0.3, 0.4) is 0 Å². The minimum Gasteiger partial charge on any atom is -0.497 e. The monoisotopic (exact) mass is 515 g/mol. The van der Waals surface area contributed by atoms with Crippen molar-refractivity contribution in [1.29, 1.82) is 0 Å². The summed E-state index contributed by atoms with van der Waals surface area (Å²) in [5.74, 6) is 1.81. The highest BCUT2D eigenvalue weighted by molar-refractivity contribution is 5.78. The summed E-state index contributed by atoms with van der Waals surface area (Å²) in [6.07, 6.45) is 3.51. The molecule has 4 aromatic rings. The second-order valence-corrected chi connectivity index (χ2v) is 9.98. The first-order valence-corrected chi connectivity index (χ1v) is 12.9. The van der Waals surface area contributed by atoms with Gasteiger partial charge in [0, 0.05) is 50.4 Å². The molecule has 2 N–H and O–H groups in total. The van der Waals surface area contributed by atoms with Crippen LogP contribution in [0.5, 0.6) is 5.75 Å². The average molecular weight is 516 g/mol. The zero-order valence-corrected chi connectivity index (χ0v) is 22.1. The third-order valence-electron chi connectivity index (χ3n) is 6.96. The number of nitrogens with two attached hydrogens (primary N) is 1. The number of aryl methyl sites for hydroxylation is 1. The largest absolute Gasteiger partial charge is 0.497 e. The van der Waals surface area contributed by atoms with E-state index >= 15 is 0 Å². The summed E-state index contributed by atoms with van der Waals surface area (Å²) >= 11 is 0. The number of aromatic nitrogens is 4. The molecule has 1 unspecified atom stereocenters. The van der Waals surface area contributed by atoms with Gasteiger partial charge in [-0.05, 0) is 68.5 Å². The van der Waals surface area contributed by atoms with Gasteiger partial charge in [-0.15, -0.1) is 0 Å². The van der Waals surface area contributed by atoms with E-state index in [1.807, 2.05) is 18.2 Å². The van der Waals surface area contributed by atoms with E-state index in [-0.39, 0.29) is 17.8 Å². The van der Waals surface area contributed by atoms with E-state index in [0.717, 1.165) is 73.2 Å². The van der Waals surface area contributed by atoms with Crippen molar-refractivity contribution in [3.05, 3.63) is 78.0 Å². The fourth-order valence-electron chi connectivity index (χ4n) is 5.11. The fraction of sp³-hybridized carbons (Fsp3) is 0.345. The molecule has 3 heterocycles. The molecule has 0 spiro atoms. The third kappa shape index (κ3) is 5.69. The third-order valence-corrected chi connectivity index (χ3v) is 6.96. The molecule has 2 aromatic heterocycles. The Morgan fingerprint density at radius 2 is 1.89 bits per heavy atom. The zero-order chi connectivity index (χ0) is 26.6. The number of fused-ring (bicyclic) bond motifs is 1. The van der Waals surface area contributed by atoms with Crippen LogP contribution in [0.25, 0.3) is 22.6 Å². The molecule has 1 atom stereocenters. The highest BCUT2D eigenvalue weighted by Crippen LogP contribution is 2.39. The van der Waals surface area contributed by atoms with Crippen LogP contribution in [-0.4, -0.2) is 70.2 Å². The molecule has 2 aromatic carbocycles. The van der Waals surface area contributed by atoms with E-state index in [1.165, 1.54) is 17.7 Å². The average Bonchev–Trinajstić information content (AvgIpc) is 3.47. The summed E-state index contributed by atoms with van der Waals surface area (Å²) in [6, 6.07) is 16.8. The molecule has 0 saturated carbocycles. The lowest BCUT2D eigenvalue weighted by atomic mass is 10.1. The number of hydrogen-bond acceptors (Lipinski definition) is 7. The summed E-state index contributed by atoms with van der Waals surface area (Å²) in [5, 5.41) is 0. The standard InChI is InChI=1S/C29H34FN7O/c1-35(2)15-16-36(18-20-5-4-6-24(17-20)38-3)19-23-11-12-26-34-27(21-7-9-22(30)10-8-21)28(37(23)26)25-13-14-32-29(31)33-25/h4-10,13-14,17,23H,11-12,15-16,18-19H2,1-3H3,(H2,31,32,33). The number of imidazole rings is 1. The van der Waals surface area contributed by atoms with E-state index in [1.54, 1.807) is 25.4 Å². The molecule has 198 valence electrons. The van der Waals surface area contributed by atoms with Gasteiger partial charge in [-0.2, -0.15) is 0 Å². The van der Waals surface area contributed by atoms with E-state index in [9.17, 15) is 4.39 Å². The van der Waals surface area contributed by atoms with Crippen molar-refractivity contribution in [2.75, 3.05) is 46.6 Å². The number of halogens is 1. The van der Waals surface area contributed by atoms with Crippen LogP contribution in [-0.2, 0) is 13.0 Å². The van der Waals surface area contributed by atoms with Gasteiger partial charge in [-0.25, -0.2) is 19.3 Å². The van der Waals surface area contributed by atoms with Gasteiger partial charge in [0.1, 0.15) is 17.4 Å². The number of rotatable bonds is 10. The molecule has 0 fully saturated rings. The molecule has 0 saturated heterocycles. The Bertz CT molecular complexity index is 1390. The van der Waals surface area contributed by atoms with Gasteiger partial charge in [0.2, 0.25) is 5.95 Å². The van der Waals surface area contributed by atoms with Crippen LogP contribution in [0.1, 0.15) is 23.9 Å². The summed E-state index contributed by atoms with van der Waals surface area (Å²) in [7, 11) is 5.89. The number of hydrogen-bond donors (Lipinski definition) is 1. The summed E-state index contributed by atoms with van der Waals surface area (Å²) in [4.78, 5) is 18.4. The minimum atomic E-state index is -0.278. The first-order chi connectivity index (χ1) is 18.4. The topological polar surface area (TPSA) is 85.3 Å². The molecule has 1 aliphatic heterocycles. The Hall–Kier alpha value is -3.82. The lowest BCUT2D eigenvalue weighted by molar-refractivity contribution is 0.204. The summed E-state index contributed by atoms with van der Waals surface area (Å²) in [5.41, 5.74) is 10.5. The molecule has 0 radical (unpaired) electrons. The fourth-order valence-corrected chi connectivity index (χ4v) is 5.11. The number of nitrogen functional groups attached to an aromatic ring is 1. The number of benzene rings is 2. The maximum Gasteiger partial charge on any atom is 0.220 e. The molecule has 5 rings (SSSR count). The maximum absolute atomic E-state index is 13.7. The molecule has 9 heteroatoms. The smallest absolute Gasteiger partial charge is 0.220 e. The number of nitrogens with zero attached hydrogens (tertiary/aromatic N) is 6. The molecular weight excluding hydrogens is 481 g/mol. The quantitative estimate of drug-likeness (QED) is 0.337. The van der Waals surface area contributed by atoms with Gasteiger partial charge >= 0.3 is 0 Å². The van der Waals surface area contributed by atoms with Crippen molar-refractivity contribution in [3.63, 3.8) is 0 Å². The maximum atomic E-state index is 13.7. The van der Waals surface area contributed by atoms with Crippen LogP contribution >= 0.6 is 0 Å². The van der Waals surface area contributed by atoms with Crippen molar-refractivity contribution in [2.24, 2.45) is 0 Å². The van der Waals surface area contributed by atoms with Gasteiger partial charge < -0.3 is 19.9 Å². The molecular formula is C29H34FN7O. The molecule has 38 heavy (non-hydrogen) atoms. The van der Waals surface area contributed by atoms with Gasteiger partial charge in [0.15, 0.2) is 0 Å². The predicted molar refractivity (Wildman–Crippen MR) is 147 cm³/mol.